The molecule has 0 amide bonds. The zero-order valence-corrected chi connectivity index (χ0v) is 11.4. The van der Waals surface area contributed by atoms with E-state index in [0.717, 1.165) is 29.1 Å². The molecular formula is C15H19N3. The second-order valence-corrected chi connectivity index (χ2v) is 4.67. The molecule has 0 aliphatic rings. The topological polar surface area (TPSA) is 51.8 Å². The van der Waals surface area contributed by atoms with Crippen LogP contribution in [0.2, 0.25) is 0 Å². The van der Waals surface area contributed by atoms with Gasteiger partial charge in [-0.2, -0.15) is 0 Å². The van der Waals surface area contributed by atoms with Gasteiger partial charge in [-0.25, -0.2) is 9.97 Å². The molecule has 94 valence electrons. The molecule has 0 aliphatic heterocycles. The largest absolute Gasteiger partial charge is 0.383 e. The van der Waals surface area contributed by atoms with Crippen LogP contribution < -0.4 is 5.73 Å². The molecule has 2 rings (SSSR count). The average Bonchev–Trinajstić information content (AvgIpc) is 2.33. The Bertz CT molecular complexity index is 589. The number of benzene rings is 1. The average molecular weight is 241 g/mol. The first-order valence-electron chi connectivity index (χ1n) is 6.23. The minimum absolute atomic E-state index is 0.580. The van der Waals surface area contributed by atoms with Crippen LogP contribution in [0.4, 0.5) is 5.82 Å². The number of nitrogens with zero attached hydrogens (tertiary/aromatic N) is 2. The van der Waals surface area contributed by atoms with Gasteiger partial charge in [-0.05, 0) is 26.3 Å². The minimum atomic E-state index is 0.580. The number of nitrogen functional groups attached to an aromatic ring is 1. The van der Waals surface area contributed by atoms with Crippen LogP contribution in [0.1, 0.15) is 29.4 Å². The van der Waals surface area contributed by atoms with Gasteiger partial charge in [0.2, 0.25) is 0 Å². The Morgan fingerprint density at radius 2 is 1.83 bits per heavy atom. The maximum absolute atomic E-state index is 5.96. The Kier molecular flexibility index (Phi) is 3.32. The summed E-state index contributed by atoms with van der Waals surface area (Å²) in [6.45, 7) is 8.21. The van der Waals surface area contributed by atoms with Crippen molar-refractivity contribution in [3.63, 3.8) is 0 Å². The fraction of sp³-hybridized carbons (Fsp3) is 0.333. The summed E-state index contributed by atoms with van der Waals surface area (Å²) in [7, 11) is 0. The summed E-state index contributed by atoms with van der Waals surface area (Å²) in [6.07, 6.45) is 0.794. The van der Waals surface area contributed by atoms with Crippen LogP contribution in [0.25, 0.3) is 11.3 Å². The third-order valence-electron chi connectivity index (χ3n) is 3.18. The third kappa shape index (κ3) is 2.21. The van der Waals surface area contributed by atoms with Gasteiger partial charge in [0.1, 0.15) is 11.6 Å². The SMILES string of the molecule is CCc1nc(N)c(C)c(-c2ccc(C)cc2C)n1. The minimum Gasteiger partial charge on any atom is -0.383 e. The summed E-state index contributed by atoms with van der Waals surface area (Å²) in [5, 5.41) is 0. The first kappa shape index (κ1) is 12.6. The standard InChI is InChI=1S/C15H19N3/c1-5-13-17-14(11(4)15(16)18-13)12-7-6-9(2)8-10(12)3/h6-8H,5H2,1-4H3,(H2,16,17,18). The van der Waals surface area contributed by atoms with Gasteiger partial charge in [0, 0.05) is 17.5 Å². The van der Waals surface area contributed by atoms with Gasteiger partial charge < -0.3 is 5.73 Å². The Morgan fingerprint density at radius 1 is 1.11 bits per heavy atom. The van der Waals surface area contributed by atoms with E-state index in [1.54, 1.807) is 0 Å². The van der Waals surface area contributed by atoms with Crippen molar-refractivity contribution in [2.75, 3.05) is 5.73 Å². The summed E-state index contributed by atoms with van der Waals surface area (Å²) in [5.41, 5.74) is 11.5. The molecule has 1 heterocycles. The van der Waals surface area contributed by atoms with Gasteiger partial charge in [-0.1, -0.05) is 30.7 Å². The molecule has 0 saturated heterocycles. The first-order valence-corrected chi connectivity index (χ1v) is 6.23. The number of anilines is 1. The van der Waals surface area contributed by atoms with Crippen molar-refractivity contribution in [2.45, 2.75) is 34.1 Å². The summed E-state index contributed by atoms with van der Waals surface area (Å²) in [6, 6.07) is 6.38. The van der Waals surface area contributed by atoms with E-state index in [4.69, 9.17) is 5.73 Å². The highest BCUT2D eigenvalue weighted by molar-refractivity contribution is 5.70. The second-order valence-electron chi connectivity index (χ2n) is 4.67. The lowest BCUT2D eigenvalue weighted by Crippen LogP contribution is -2.04. The molecule has 0 spiro atoms. The molecule has 1 aromatic carbocycles. The van der Waals surface area contributed by atoms with Crippen LogP contribution in [0.5, 0.6) is 0 Å². The summed E-state index contributed by atoms with van der Waals surface area (Å²) in [5.74, 6) is 1.38. The molecule has 0 aliphatic carbocycles. The first-order chi connectivity index (χ1) is 8.52. The highest BCUT2D eigenvalue weighted by Gasteiger charge is 2.11. The van der Waals surface area contributed by atoms with E-state index >= 15 is 0 Å². The van der Waals surface area contributed by atoms with E-state index in [9.17, 15) is 0 Å². The quantitative estimate of drug-likeness (QED) is 0.878. The van der Waals surface area contributed by atoms with Crippen LogP contribution in [0, 0.1) is 20.8 Å². The zero-order valence-electron chi connectivity index (χ0n) is 11.4. The Balaban J connectivity index is 2.66. The molecule has 0 fully saturated rings. The molecule has 1 aromatic heterocycles. The number of hydrogen-bond donors (Lipinski definition) is 1. The highest BCUT2D eigenvalue weighted by Crippen LogP contribution is 2.27. The van der Waals surface area contributed by atoms with Crippen molar-refractivity contribution in [1.29, 1.82) is 0 Å². The van der Waals surface area contributed by atoms with E-state index in [1.165, 1.54) is 11.1 Å². The molecular weight excluding hydrogens is 222 g/mol. The lowest BCUT2D eigenvalue weighted by molar-refractivity contribution is 0.939. The normalized spacial score (nSPS) is 10.7. The fourth-order valence-corrected chi connectivity index (χ4v) is 2.08. The zero-order chi connectivity index (χ0) is 13.3. The molecule has 0 bridgehead atoms. The monoisotopic (exact) mass is 241 g/mol. The number of aryl methyl sites for hydroxylation is 3. The van der Waals surface area contributed by atoms with Crippen LogP contribution >= 0.6 is 0 Å². The number of nitrogens with two attached hydrogens (primary N) is 1. The second kappa shape index (κ2) is 4.77. The molecule has 0 unspecified atom stereocenters. The molecule has 0 saturated carbocycles. The third-order valence-corrected chi connectivity index (χ3v) is 3.18. The predicted octanol–water partition coefficient (Wildman–Crippen LogP) is 3.21. The van der Waals surface area contributed by atoms with Crippen LogP contribution in [0.15, 0.2) is 18.2 Å². The van der Waals surface area contributed by atoms with E-state index < -0.39 is 0 Å². The molecule has 2 aromatic rings. The van der Waals surface area contributed by atoms with Crippen molar-refractivity contribution in [3.8, 4) is 11.3 Å². The maximum Gasteiger partial charge on any atom is 0.131 e. The molecule has 0 atom stereocenters. The van der Waals surface area contributed by atoms with Crippen LogP contribution in [-0.4, -0.2) is 9.97 Å². The number of aromatic nitrogens is 2. The Morgan fingerprint density at radius 3 is 2.44 bits per heavy atom. The molecule has 3 nitrogen and oxygen atoms in total. The van der Waals surface area contributed by atoms with E-state index in [0.29, 0.717) is 5.82 Å². The predicted molar refractivity (Wildman–Crippen MR) is 75.5 cm³/mol. The number of hydrogen-bond acceptors (Lipinski definition) is 3. The van der Waals surface area contributed by atoms with Gasteiger partial charge in [0.25, 0.3) is 0 Å². The van der Waals surface area contributed by atoms with Gasteiger partial charge in [-0.15, -0.1) is 0 Å². The van der Waals surface area contributed by atoms with Gasteiger partial charge in [0.05, 0.1) is 5.69 Å². The Labute approximate surface area is 108 Å². The van der Waals surface area contributed by atoms with Crippen molar-refractivity contribution in [2.24, 2.45) is 0 Å². The van der Waals surface area contributed by atoms with Gasteiger partial charge in [0.15, 0.2) is 0 Å². The van der Waals surface area contributed by atoms with Gasteiger partial charge >= 0.3 is 0 Å². The highest BCUT2D eigenvalue weighted by atomic mass is 15.0. The lowest BCUT2D eigenvalue weighted by atomic mass is 10.00. The molecule has 3 heteroatoms. The maximum atomic E-state index is 5.96. The van der Waals surface area contributed by atoms with E-state index in [2.05, 4.69) is 42.0 Å². The molecule has 2 N–H and O–H groups in total. The van der Waals surface area contributed by atoms with Crippen molar-refractivity contribution in [1.82, 2.24) is 9.97 Å². The van der Waals surface area contributed by atoms with Gasteiger partial charge in [-0.3, -0.25) is 0 Å². The van der Waals surface area contributed by atoms with E-state index in [1.807, 2.05) is 13.8 Å². The molecule has 18 heavy (non-hydrogen) atoms. The smallest absolute Gasteiger partial charge is 0.131 e. The van der Waals surface area contributed by atoms with E-state index in [-0.39, 0.29) is 0 Å². The van der Waals surface area contributed by atoms with Crippen molar-refractivity contribution in [3.05, 3.63) is 40.7 Å². The summed E-state index contributed by atoms with van der Waals surface area (Å²) in [4.78, 5) is 8.91. The fourth-order valence-electron chi connectivity index (χ4n) is 2.08. The lowest BCUT2D eigenvalue weighted by Gasteiger charge is -2.12. The van der Waals surface area contributed by atoms with Crippen LogP contribution in [0.3, 0.4) is 0 Å². The van der Waals surface area contributed by atoms with Crippen LogP contribution in [-0.2, 0) is 6.42 Å². The van der Waals surface area contributed by atoms with Crippen molar-refractivity contribution >= 4 is 5.82 Å². The summed E-state index contributed by atoms with van der Waals surface area (Å²) >= 11 is 0. The van der Waals surface area contributed by atoms with Crippen molar-refractivity contribution < 1.29 is 0 Å². The number of rotatable bonds is 2. The Hall–Kier alpha value is -1.90. The summed E-state index contributed by atoms with van der Waals surface area (Å²) < 4.78 is 0. The molecule has 0 radical (unpaired) electrons.